The highest BCUT2D eigenvalue weighted by atomic mass is 19.1. The van der Waals surface area contributed by atoms with Crippen LogP contribution in [-0.2, 0) is 0 Å². The number of benzene rings is 1. The number of piperazine rings is 1. The van der Waals surface area contributed by atoms with Gasteiger partial charge in [-0.2, -0.15) is 20.1 Å². The SMILES string of the molecule is C=C(/C=C\C(F)=CC)c1cc(Nc2nc(Oc3ccccc3)nc(N3CCN(C)CC3)n2)n[nH]1. The van der Waals surface area contributed by atoms with Crippen molar-refractivity contribution in [2.45, 2.75) is 6.92 Å². The molecule has 0 radical (unpaired) electrons. The molecule has 176 valence electrons. The molecule has 3 heterocycles. The largest absolute Gasteiger partial charge is 0.424 e. The van der Waals surface area contributed by atoms with Crippen LogP contribution in [0.1, 0.15) is 12.6 Å². The Hall–Kier alpha value is -4.05. The first-order valence-corrected chi connectivity index (χ1v) is 10.9. The van der Waals surface area contributed by atoms with Gasteiger partial charge >= 0.3 is 6.01 Å². The Bertz CT molecular complexity index is 1180. The third-order valence-corrected chi connectivity index (χ3v) is 5.22. The molecule has 1 fully saturated rings. The van der Waals surface area contributed by atoms with Gasteiger partial charge in [-0.25, -0.2) is 4.39 Å². The average Bonchev–Trinajstić information content (AvgIpc) is 3.31. The van der Waals surface area contributed by atoms with Crippen LogP contribution in [-0.4, -0.2) is 63.3 Å². The summed E-state index contributed by atoms with van der Waals surface area (Å²) < 4.78 is 19.2. The molecule has 10 heteroatoms. The zero-order chi connectivity index (χ0) is 23.9. The molecule has 0 atom stereocenters. The Morgan fingerprint density at radius 2 is 1.88 bits per heavy atom. The summed E-state index contributed by atoms with van der Waals surface area (Å²) in [6.45, 7) is 8.99. The van der Waals surface area contributed by atoms with Gasteiger partial charge in [-0.05, 0) is 37.8 Å². The molecular formula is C24H27FN8O. The molecule has 3 aromatic rings. The van der Waals surface area contributed by atoms with Crippen molar-refractivity contribution in [3.05, 3.63) is 72.7 Å². The lowest BCUT2D eigenvalue weighted by Gasteiger charge is -2.32. The van der Waals surface area contributed by atoms with Crippen LogP contribution in [0.2, 0.25) is 0 Å². The normalized spacial score (nSPS) is 15.0. The zero-order valence-electron chi connectivity index (χ0n) is 19.2. The molecule has 0 saturated carbocycles. The highest BCUT2D eigenvalue weighted by molar-refractivity contribution is 5.72. The number of anilines is 3. The van der Waals surface area contributed by atoms with E-state index in [2.05, 4.69) is 53.9 Å². The van der Waals surface area contributed by atoms with Gasteiger partial charge in [-0.3, -0.25) is 5.10 Å². The second kappa shape index (κ2) is 10.7. The van der Waals surface area contributed by atoms with Gasteiger partial charge in [-0.15, -0.1) is 0 Å². The monoisotopic (exact) mass is 462 g/mol. The molecule has 1 aliphatic rings. The van der Waals surface area contributed by atoms with Gasteiger partial charge in [0.15, 0.2) is 5.82 Å². The molecule has 2 N–H and O–H groups in total. The number of rotatable bonds is 8. The van der Waals surface area contributed by atoms with Crippen molar-refractivity contribution in [3.63, 3.8) is 0 Å². The van der Waals surface area contributed by atoms with Crippen LogP contribution in [0.15, 0.2) is 67.0 Å². The second-order valence-electron chi connectivity index (χ2n) is 7.77. The van der Waals surface area contributed by atoms with Crippen molar-refractivity contribution in [1.29, 1.82) is 0 Å². The highest BCUT2D eigenvalue weighted by Gasteiger charge is 2.19. The molecule has 1 saturated heterocycles. The minimum Gasteiger partial charge on any atom is -0.424 e. The summed E-state index contributed by atoms with van der Waals surface area (Å²) in [6.07, 6.45) is 4.29. The fourth-order valence-electron chi connectivity index (χ4n) is 3.22. The summed E-state index contributed by atoms with van der Waals surface area (Å²) in [5.41, 5.74) is 1.22. The van der Waals surface area contributed by atoms with E-state index in [1.54, 1.807) is 19.1 Å². The first-order chi connectivity index (χ1) is 16.5. The number of H-pyrrole nitrogens is 1. The lowest BCUT2D eigenvalue weighted by atomic mass is 10.2. The van der Waals surface area contributed by atoms with Gasteiger partial charge in [0.05, 0.1) is 5.69 Å². The topological polar surface area (TPSA) is 95.1 Å². The maximum absolute atomic E-state index is 13.4. The van der Waals surface area contributed by atoms with E-state index < -0.39 is 0 Å². The van der Waals surface area contributed by atoms with Gasteiger partial charge in [0.1, 0.15) is 11.6 Å². The van der Waals surface area contributed by atoms with Crippen molar-refractivity contribution in [1.82, 2.24) is 30.0 Å². The summed E-state index contributed by atoms with van der Waals surface area (Å²) in [6, 6.07) is 11.3. The lowest BCUT2D eigenvalue weighted by Crippen LogP contribution is -2.45. The number of ether oxygens (including phenoxy) is 1. The van der Waals surface area contributed by atoms with E-state index in [9.17, 15) is 4.39 Å². The Morgan fingerprint density at radius 3 is 2.62 bits per heavy atom. The molecule has 9 nitrogen and oxygen atoms in total. The number of nitrogens with one attached hydrogen (secondary N) is 2. The van der Waals surface area contributed by atoms with Gasteiger partial charge in [0.2, 0.25) is 11.9 Å². The first-order valence-electron chi connectivity index (χ1n) is 10.9. The summed E-state index contributed by atoms with van der Waals surface area (Å²) in [7, 11) is 2.09. The number of hydrogen-bond donors (Lipinski definition) is 2. The van der Waals surface area contributed by atoms with Crippen molar-refractivity contribution in [2.24, 2.45) is 0 Å². The first kappa shape index (κ1) is 23.1. The summed E-state index contributed by atoms with van der Waals surface area (Å²) in [4.78, 5) is 17.9. The van der Waals surface area contributed by atoms with E-state index in [0.29, 0.717) is 34.7 Å². The molecule has 1 aliphatic heterocycles. The standard InChI is InChI=1S/C24H27FN8O/c1-4-18(25)11-10-17(2)20-16-21(31-30-20)26-22-27-23(33-14-12-32(3)13-15-33)29-24(28-22)34-19-8-6-5-7-9-19/h4-11,16H,2,12-15H2,1,3H3,(H2,26,27,28,29,30,31)/b11-10-,18-4?. The van der Waals surface area contributed by atoms with E-state index in [1.165, 1.54) is 12.2 Å². The summed E-state index contributed by atoms with van der Waals surface area (Å²) in [5.74, 6) is 1.60. The maximum atomic E-state index is 13.4. The quantitative estimate of drug-likeness (QED) is 0.478. The molecule has 4 rings (SSSR count). The minimum atomic E-state index is -0.341. The molecule has 0 amide bonds. The maximum Gasteiger partial charge on any atom is 0.328 e. The van der Waals surface area contributed by atoms with Crippen LogP contribution in [0.3, 0.4) is 0 Å². The summed E-state index contributed by atoms with van der Waals surface area (Å²) >= 11 is 0. The predicted molar refractivity (Wildman–Crippen MR) is 131 cm³/mol. The zero-order valence-corrected chi connectivity index (χ0v) is 19.2. The third kappa shape index (κ3) is 6.04. The van der Waals surface area contributed by atoms with Gasteiger partial charge in [-0.1, -0.05) is 36.9 Å². The van der Waals surface area contributed by atoms with E-state index in [0.717, 1.165) is 26.2 Å². The molecule has 0 aliphatic carbocycles. The van der Waals surface area contributed by atoms with Gasteiger partial charge < -0.3 is 19.9 Å². The number of aromatic amines is 1. The van der Waals surface area contributed by atoms with Crippen LogP contribution in [0.25, 0.3) is 5.57 Å². The van der Waals surface area contributed by atoms with Crippen molar-refractivity contribution in [2.75, 3.05) is 43.4 Å². The van der Waals surface area contributed by atoms with Crippen LogP contribution < -0.4 is 15.0 Å². The Kier molecular flexibility index (Phi) is 7.28. The van der Waals surface area contributed by atoms with E-state index >= 15 is 0 Å². The van der Waals surface area contributed by atoms with Gasteiger partial charge in [0, 0.05) is 32.2 Å². The Morgan fingerprint density at radius 1 is 1.12 bits per heavy atom. The number of halogens is 1. The predicted octanol–water partition coefficient (Wildman–Crippen LogP) is 4.33. The number of allylic oxidation sites excluding steroid dienone is 5. The third-order valence-electron chi connectivity index (χ3n) is 5.22. The molecular weight excluding hydrogens is 435 g/mol. The minimum absolute atomic E-state index is 0.183. The highest BCUT2D eigenvalue weighted by Crippen LogP contribution is 2.24. The van der Waals surface area contributed by atoms with Crippen molar-refractivity contribution < 1.29 is 9.13 Å². The average molecular weight is 463 g/mol. The fourth-order valence-corrected chi connectivity index (χ4v) is 3.22. The van der Waals surface area contributed by atoms with Gasteiger partial charge in [0.25, 0.3) is 0 Å². The number of likely N-dealkylation sites (N-methyl/N-ethyl adjacent to an activating group) is 1. The number of hydrogen-bond acceptors (Lipinski definition) is 8. The molecule has 1 aromatic carbocycles. The lowest BCUT2D eigenvalue weighted by molar-refractivity contribution is 0.310. The van der Waals surface area contributed by atoms with Crippen molar-refractivity contribution in [3.8, 4) is 11.8 Å². The number of para-hydroxylation sites is 1. The van der Waals surface area contributed by atoms with E-state index in [1.807, 2.05) is 30.3 Å². The van der Waals surface area contributed by atoms with Crippen molar-refractivity contribution >= 4 is 23.3 Å². The van der Waals surface area contributed by atoms with Crippen LogP contribution >= 0.6 is 0 Å². The number of nitrogens with zero attached hydrogens (tertiary/aromatic N) is 6. The molecule has 0 bridgehead atoms. The molecule has 0 spiro atoms. The number of aromatic nitrogens is 5. The second-order valence-corrected chi connectivity index (χ2v) is 7.77. The molecule has 34 heavy (non-hydrogen) atoms. The Balaban J connectivity index is 1.56. The van der Waals surface area contributed by atoms with Crippen LogP contribution in [0.5, 0.6) is 11.8 Å². The Labute approximate surface area is 197 Å². The molecule has 0 unspecified atom stereocenters. The molecule has 2 aromatic heterocycles. The van der Waals surface area contributed by atoms with Crippen LogP contribution in [0.4, 0.5) is 22.1 Å². The fraction of sp³-hybridized carbons (Fsp3) is 0.250. The van der Waals surface area contributed by atoms with E-state index in [4.69, 9.17) is 4.74 Å². The summed E-state index contributed by atoms with van der Waals surface area (Å²) in [5, 5.41) is 10.2. The van der Waals surface area contributed by atoms with Crippen LogP contribution in [0, 0.1) is 0 Å². The van der Waals surface area contributed by atoms with E-state index in [-0.39, 0.29) is 11.8 Å². The smallest absolute Gasteiger partial charge is 0.328 e.